The zero-order valence-corrected chi connectivity index (χ0v) is 13.1. The number of nitrogens with zero attached hydrogens (tertiary/aromatic N) is 2. The second-order valence-corrected chi connectivity index (χ2v) is 5.66. The van der Waals surface area contributed by atoms with E-state index >= 15 is 0 Å². The van der Waals surface area contributed by atoms with E-state index in [0.717, 1.165) is 24.1 Å². The molecular weight excluding hydrogens is 313 g/mol. The topological polar surface area (TPSA) is 73.2 Å². The van der Waals surface area contributed by atoms with Gasteiger partial charge in [-0.05, 0) is 43.2 Å². The first-order chi connectivity index (χ1) is 11.6. The molecule has 24 heavy (non-hydrogen) atoms. The molecular formula is C17H18FN3O3. The van der Waals surface area contributed by atoms with Gasteiger partial charge in [-0.3, -0.25) is 9.59 Å². The number of carbonyl (C=O) groups excluding carboxylic acids is 1. The van der Waals surface area contributed by atoms with Crippen molar-refractivity contribution in [3.63, 3.8) is 0 Å². The van der Waals surface area contributed by atoms with Crippen molar-refractivity contribution >= 4 is 5.91 Å². The maximum atomic E-state index is 13.0. The van der Waals surface area contributed by atoms with Gasteiger partial charge in [0, 0.05) is 24.8 Å². The fraction of sp³-hybridized carbons (Fsp3) is 0.353. The third kappa shape index (κ3) is 4.05. The molecule has 126 valence electrons. The van der Waals surface area contributed by atoms with Gasteiger partial charge in [-0.2, -0.15) is 5.10 Å². The predicted octanol–water partition coefficient (Wildman–Crippen LogP) is 1.34. The molecule has 1 atom stereocenters. The van der Waals surface area contributed by atoms with Gasteiger partial charge in [0.15, 0.2) is 0 Å². The van der Waals surface area contributed by atoms with Crippen LogP contribution in [-0.4, -0.2) is 34.9 Å². The first-order valence-electron chi connectivity index (χ1n) is 7.84. The van der Waals surface area contributed by atoms with E-state index in [1.54, 1.807) is 18.2 Å². The Bertz CT molecular complexity index is 767. The number of hydrogen-bond donors (Lipinski definition) is 1. The number of rotatable bonds is 5. The summed E-state index contributed by atoms with van der Waals surface area (Å²) in [5.74, 6) is -0.642. The number of halogens is 1. The molecule has 1 unspecified atom stereocenters. The number of amides is 1. The van der Waals surface area contributed by atoms with Gasteiger partial charge in [-0.1, -0.05) is 0 Å². The molecule has 1 aliphatic heterocycles. The van der Waals surface area contributed by atoms with Crippen molar-refractivity contribution in [1.29, 1.82) is 0 Å². The third-order valence-corrected chi connectivity index (χ3v) is 3.85. The third-order valence-electron chi connectivity index (χ3n) is 3.85. The van der Waals surface area contributed by atoms with Gasteiger partial charge in [0.25, 0.3) is 5.56 Å². The van der Waals surface area contributed by atoms with E-state index in [-0.39, 0.29) is 29.9 Å². The van der Waals surface area contributed by atoms with Crippen LogP contribution in [0.3, 0.4) is 0 Å². The Morgan fingerprint density at radius 1 is 1.29 bits per heavy atom. The summed E-state index contributed by atoms with van der Waals surface area (Å²) in [7, 11) is 0. The van der Waals surface area contributed by atoms with Crippen LogP contribution in [0.15, 0.2) is 41.2 Å². The Kier molecular flexibility index (Phi) is 5.00. The van der Waals surface area contributed by atoms with Crippen LogP contribution in [0.1, 0.15) is 12.8 Å². The molecule has 1 saturated heterocycles. The molecule has 1 N–H and O–H groups in total. The van der Waals surface area contributed by atoms with Crippen LogP contribution in [0.25, 0.3) is 11.3 Å². The van der Waals surface area contributed by atoms with Crippen molar-refractivity contribution in [1.82, 2.24) is 15.1 Å². The Labute approximate surface area is 138 Å². The van der Waals surface area contributed by atoms with E-state index in [4.69, 9.17) is 4.74 Å². The average molecular weight is 331 g/mol. The summed E-state index contributed by atoms with van der Waals surface area (Å²) >= 11 is 0. The van der Waals surface area contributed by atoms with Crippen LogP contribution < -0.4 is 10.9 Å². The largest absolute Gasteiger partial charge is 0.376 e. The number of hydrogen-bond acceptors (Lipinski definition) is 4. The van der Waals surface area contributed by atoms with Crippen LogP contribution in [0, 0.1) is 5.82 Å². The summed E-state index contributed by atoms with van der Waals surface area (Å²) in [5.41, 5.74) is 0.805. The van der Waals surface area contributed by atoms with Gasteiger partial charge in [-0.25, -0.2) is 9.07 Å². The van der Waals surface area contributed by atoms with Crippen molar-refractivity contribution in [3.05, 3.63) is 52.6 Å². The van der Waals surface area contributed by atoms with Crippen LogP contribution >= 0.6 is 0 Å². The molecule has 7 heteroatoms. The maximum absolute atomic E-state index is 13.0. The quantitative estimate of drug-likeness (QED) is 0.897. The Hall–Kier alpha value is -2.54. The Balaban J connectivity index is 1.68. The minimum atomic E-state index is -0.367. The molecule has 0 aliphatic carbocycles. The smallest absolute Gasteiger partial charge is 0.267 e. The first-order valence-corrected chi connectivity index (χ1v) is 7.84. The Morgan fingerprint density at radius 3 is 2.79 bits per heavy atom. The summed E-state index contributed by atoms with van der Waals surface area (Å²) in [5, 5.41) is 6.94. The number of carbonyl (C=O) groups is 1. The zero-order chi connectivity index (χ0) is 16.9. The van der Waals surface area contributed by atoms with Crippen LogP contribution in [0.2, 0.25) is 0 Å². The molecule has 1 aliphatic rings. The van der Waals surface area contributed by atoms with E-state index in [0.29, 0.717) is 17.8 Å². The first kappa shape index (κ1) is 16.3. The molecule has 0 bridgehead atoms. The summed E-state index contributed by atoms with van der Waals surface area (Å²) < 4.78 is 19.5. The SMILES string of the molecule is O=C(Cn1nc(-c2ccc(F)cc2)ccc1=O)NCC1CCCO1. The molecule has 1 aromatic heterocycles. The summed E-state index contributed by atoms with van der Waals surface area (Å²) in [4.78, 5) is 23.9. The second kappa shape index (κ2) is 7.35. The van der Waals surface area contributed by atoms with Crippen molar-refractivity contribution in [2.45, 2.75) is 25.5 Å². The molecule has 2 heterocycles. The Morgan fingerprint density at radius 2 is 2.08 bits per heavy atom. The summed E-state index contributed by atoms with van der Waals surface area (Å²) in [6, 6.07) is 8.69. The highest BCUT2D eigenvalue weighted by Crippen LogP contribution is 2.15. The van der Waals surface area contributed by atoms with E-state index in [1.807, 2.05) is 0 Å². The molecule has 0 saturated carbocycles. The monoisotopic (exact) mass is 331 g/mol. The van der Waals surface area contributed by atoms with Crippen molar-refractivity contribution < 1.29 is 13.9 Å². The highest BCUT2D eigenvalue weighted by molar-refractivity contribution is 5.75. The van der Waals surface area contributed by atoms with Crippen molar-refractivity contribution in [2.24, 2.45) is 0 Å². The van der Waals surface area contributed by atoms with E-state index < -0.39 is 0 Å². The lowest BCUT2D eigenvalue weighted by Gasteiger charge is -2.11. The van der Waals surface area contributed by atoms with E-state index in [2.05, 4.69) is 10.4 Å². The lowest BCUT2D eigenvalue weighted by atomic mass is 10.1. The highest BCUT2D eigenvalue weighted by atomic mass is 19.1. The molecule has 0 radical (unpaired) electrons. The van der Waals surface area contributed by atoms with Gasteiger partial charge < -0.3 is 10.1 Å². The zero-order valence-electron chi connectivity index (χ0n) is 13.1. The fourth-order valence-corrected chi connectivity index (χ4v) is 2.56. The van der Waals surface area contributed by atoms with Gasteiger partial charge in [0.2, 0.25) is 5.91 Å². The minimum Gasteiger partial charge on any atom is -0.376 e. The number of aromatic nitrogens is 2. The number of nitrogens with one attached hydrogen (secondary N) is 1. The minimum absolute atomic E-state index is 0.0455. The second-order valence-electron chi connectivity index (χ2n) is 5.66. The number of ether oxygens (including phenoxy) is 1. The molecule has 1 fully saturated rings. The lowest BCUT2D eigenvalue weighted by Crippen LogP contribution is -2.37. The normalized spacial score (nSPS) is 17.0. The van der Waals surface area contributed by atoms with Crippen LogP contribution in [0.4, 0.5) is 4.39 Å². The molecule has 1 amide bonds. The van der Waals surface area contributed by atoms with Gasteiger partial charge in [0.05, 0.1) is 11.8 Å². The van der Waals surface area contributed by atoms with Gasteiger partial charge in [-0.15, -0.1) is 0 Å². The van der Waals surface area contributed by atoms with Crippen LogP contribution in [-0.2, 0) is 16.1 Å². The van der Waals surface area contributed by atoms with E-state index in [1.165, 1.54) is 18.2 Å². The number of benzene rings is 1. The van der Waals surface area contributed by atoms with Crippen LogP contribution in [0.5, 0.6) is 0 Å². The maximum Gasteiger partial charge on any atom is 0.267 e. The van der Waals surface area contributed by atoms with Crippen molar-refractivity contribution in [2.75, 3.05) is 13.2 Å². The predicted molar refractivity (Wildman–Crippen MR) is 85.9 cm³/mol. The summed E-state index contributed by atoms with van der Waals surface area (Å²) in [6.45, 7) is 0.993. The molecule has 0 spiro atoms. The standard InChI is InChI=1S/C17H18FN3O3/c18-13-5-3-12(4-6-13)15-7-8-17(23)21(20-15)11-16(22)19-10-14-2-1-9-24-14/h3-8,14H,1-2,9-11H2,(H,19,22). The lowest BCUT2D eigenvalue weighted by molar-refractivity contribution is -0.122. The van der Waals surface area contributed by atoms with Crippen molar-refractivity contribution in [3.8, 4) is 11.3 Å². The highest BCUT2D eigenvalue weighted by Gasteiger charge is 2.16. The molecule has 1 aromatic carbocycles. The average Bonchev–Trinajstić information content (AvgIpc) is 3.09. The fourth-order valence-electron chi connectivity index (χ4n) is 2.56. The van der Waals surface area contributed by atoms with Gasteiger partial charge in [0.1, 0.15) is 12.4 Å². The molecule has 3 rings (SSSR count). The van der Waals surface area contributed by atoms with Gasteiger partial charge >= 0.3 is 0 Å². The molecule has 6 nitrogen and oxygen atoms in total. The molecule has 2 aromatic rings. The van der Waals surface area contributed by atoms with E-state index in [9.17, 15) is 14.0 Å². The summed E-state index contributed by atoms with van der Waals surface area (Å²) in [6.07, 6.45) is 1.98.